The second kappa shape index (κ2) is 3.23. The summed E-state index contributed by atoms with van der Waals surface area (Å²) < 4.78 is 0. The molecule has 0 aliphatic heterocycles. The topological polar surface area (TPSA) is 0 Å². The summed E-state index contributed by atoms with van der Waals surface area (Å²) in [6.07, 6.45) is 1.19. The van der Waals surface area contributed by atoms with E-state index in [4.69, 9.17) is 0 Å². The van der Waals surface area contributed by atoms with Crippen LogP contribution in [0.1, 0.15) is 41.7 Å². The van der Waals surface area contributed by atoms with Gasteiger partial charge in [0.2, 0.25) is 0 Å². The van der Waals surface area contributed by atoms with E-state index in [0.29, 0.717) is 5.92 Å². The van der Waals surface area contributed by atoms with Gasteiger partial charge in [-0.3, -0.25) is 0 Å². The molecule has 1 aromatic rings. The van der Waals surface area contributed by atoms with Gasteiger partial charge in [-0.05, 0) is 49.8 Å². The number of hydrogen-bond donors (Lipinski definition) is 0. The van der Waals surface area contributed by atoms with Crippen LogP contribution in [0.4, 0.5) is 0 Å². The first-order chi connectivity index (χ1) is 6.52. The van der Waals surface area contributed by atoms with Crippen molar-refractivity contribution in [1.82, 2.24) is 0 Å². The normalized spacial score (nSPS) is 15.6. The van der Waals surface area contributed by atoms with Gasteiger partial charge in [0.1, 0.15) is 0 Å². The lowest BCUT2D eigenvalue weighted by molar-refractivity contribution is 0.853. The Balaban J connectivity index is 2.57. The van der Waals surface area contributed by atoms with E-state index in [9.17, 15) is 0 Å². The predicted molar refractivity (Wildman–Crippen MR) is 64.9 cm³/mol. The third-order valence-electron chi connectivity index (χ3n) is 3.23. The van der Waals surface area contributed by atoms with Gasteiger partial charge >= 0.3 is 0 Å². The molecule has 2 rings (SSSR count). The fourth-order valence-corrected chi connectivity index (χ4v) is 3.86. The van der Waals surface area contributed by atoms with Gasteiger partial charge in [0.25, 0.3) is 0 Å². The van der Waals surface area contributed by atoms with Crippen LogP contribution in [-0.2, 0) is 6.42 Å². The van der Waals surface area contributed by atoms with Crippen molar-refractivity contribution in [3.8, 4) is 0 Å². The first kappa shape index (κ1) is 9.97. The molecule has 0 amide bonds. The molecule has 1 aliphatic carbocycles. The zero-order chi connectivity index (χ0) is 10.5. The summed E-state index contributed by atoms with van der Waals surface area (Å²) in [7, 11) is 0. The highest BCUT2D eigenvalue weighted by molar-refractivity contribution is 7.13. The number of rotatable bonds is 1. The van der Waals surface area contributed by atoms with E-state index in [-0.39, 0.29) is 0 Å². The first-order valence-electron chi connectivity index (χ1n) is 5.31. The SMILES string of the molecule is CC1=C(C(C)C)c2sc(C)c(C)c2C1. The number of fused-ring (bicyclic) bond motifs is 1. The Morgan fingerprint density at radius 3 is 2.36 bits per heavy atom. The van der Waals surface area contributed by atoms with Crippen LogP contribution >= 0.6 is 11.3 Å². The van der Waals surface area contributed by atoms with Crippen molar-refractivity contribution in [2.24, 2.45) is 5.92 Å². The minimum absolute atomic E-state index is 0.675. The molecule has 1 heterocycles. The second-order valence-corrected chi connectivity index (χ2v) is 5.84. The first-order valence-corrected chi connectivity index (χ1v) is 6.13. The van der Waals surface area contributed by atoms with E-state index < -0.39 is 0 Å². The van der Waals surface area contributed by atoms with Crippen molar-refractivity contribution in [3.63, 3.8) is 0 Å². The van der Waals surface area contributed by atoms with Crippen LogP contribution in [0.2, 0.25) is 0 Å². The van der Waals surface area contributed by atoms with E-state index in [1.807, 2.05) is 11.3 Å². The molecule has 0 bridgehead atoms. The Morgan fingerprint density at radius 1 is 1.14 bits per heavy atom. The van der Waals surface area contributed by atoms with Gasteiger partial charge in [-0.15, -0.1) is 11.3 Å². The summed E-state index contributed by atoms with van der Waals surface area (Å²) >= 11 is 1.99. The maximum absolute atomic E-state index is 2.30. The van der Waals surface area contributed by atoms with E-state index in [2.05, 4.69) is 34.6 Å². The van der Waals surface area contributed by atoms with Crippen LogP contribution in [0.3, 0.4) is 0 Å². The predicted octanol–water partition coefficient (Wildman–Crippen LogP) is 4.35. The van der Waals surface area contributed by atoms with Crippen molar-refractivity contribution in [2.75, 3.05) is 0 Å². The van der Waals surface area contributed by atoms with Crippen LogP contribution < -0.4 is 0 Å². The van der Waals surface area contributed by atoms with Crippen molar-refractivity contribution in [2.45, 2.75) is 41.0 Å². The molecule has 1 aliphatic rings. The molecule has 0 unspecified atom stereocenters. The average molecular weight is 206 g/mol. The van der Waals surface area contributed by atoms with Crippen LogP contribution in [0.15, 0.2) is 5.57 Å². The lowest BCUT2D eigenvalue weighted by atomic mass is 10.0. The van der Waals surface area contributed by atoms with Gasteiger partial charge in [-0.2, -0.15) is 0 Å². The Bertz CT molecular complexity index is 405. The van der Waals surface area contributed by atoms with Crippen LogP contribution in [-0.4, -0.2) is 0 Å². The summed E-state index contributed by atoms with van der Waals surface area (Å²) in [4.78, 5) is 3.08. The summed E-state index contributed by atoms with van der Waals surface area (Å²) in [5.74, 6) is 0.675. The Hall–Kier alpha value is -0.560. The van der Waals surface area contributed by atoms with Gasteiger partial charge in [-0.25, -0.2) is 0 Å². The van der Waals surface area contributed by atoms with E-state index >= 15 is 0 Å². The average Bonchev–Trinajstić information content (AvgIpc) is 2.51. The molecule has 1 aromatic heterocycles. The Morgan fingerprint density at radius 2 is 1.79 bits per heavy atom. The number of aryl methyl sites for hydroxylation is 1. The van der Waals surface area contributed by atoms with Gasteiger partial charge in [0.05, 0.1) is 0 Å². The number of allylic oxidation sites excluding steroid dienone is 2. The molecule has 0 fully saturated rings. The van der Waals surface area contributed by atoms with Gasteiger partial charge in [0.15, 0.2) is 0 Å². The minimum Gasteiger partial charge on any atom is -0.140 e. The molecule has 0 saturated heterocycles. The van der Waals surface area contributed by atoms with E-state index in [1.54, 1.807) is 21.6 Å². The summed E-state index contributed by atoms with van der Waals surface area (Å²) in [6.45, 7) is 11.4. The molecule has 0 nitrogen and oxygen atoms in total. The Kier molecular flexibility index (Phi) is 2.30. The molecule has 76 valence electrons. The zero-order valence-electron chi connectivity index (χ0n) is 9.69. The van der Waals surface area contributed by atoms with Crippen LogP contribution in [0.5, 0.6) is 0 Å². The van der Waals surface area contributed by atoms with E-state index in [1.165, 1.54) is 16.9 Å². The molecular formula is C13H18S. The fourth-order valence-electron chi connectivity index (χ4n) is 2.41. The van der Waals surface area contributed by atoms with E-state index in [0.717, 1.165) is 0 Å². The number of hydrogen-bond acceptors (Lipinski definition) is 1. The lowest BCUT2D eigenvalue weighted by Crippen LogP contribution is -1.90. The van der Waals surface area contributed by atoms with Gasteiger partial charge in [0, 0.05) is 9.75 Å². The second-order valence-electron chi connectivity index (χ2n) is 4.62. The largest absolute Gasteiger partial charge is 0.140 e. The van der Waals surface area contributed by atoms with Crippen molar-refractivity contribution >= 4 is 16.9 Å². The summed E-state index contributed by atoms with van der Waals surface area (Å²) in [6, 6.07) is 0. The van der Waals surface area contributed by atoms with Crippen LogP contribution in [0.25, 0.3) is 5.57 Å². The van der Waals surface area contributed by atoms with Crippen molar-refractivity contribution < 1.29 is 0 Å². The highest BCUT2D eigenvalue weighted by atomic mass is 32.1. The fraction of sp³-hybridized carbons (Fsp3) is 0.538. The lowest BCUT2D eigenvalue weighted by Gasteiger charge is -2.07. The van der Waals surface area contributed by atoms with Gasteiger partial charge < -0.3 is 0 Å². The molecule has 14 heavy (non-hydrogen) atoms. The molecule has 0 radical (unpaired) electrons. The number of thiophene rings is 1. The summed E-state index contributed by atoms with van der Waals surface area (Å²) in [5.41, 5.74) is 6.33. The molecule has 0 spiro atoms. The monoisotopic (exact) mass is 206 g/mol. The molecular weight excluding hydrogens is 188 g/mol. The zero-order valence-corrected chi connectivity index (χ0v) is 10.5. The highest BCUT2D eigenvalue weighted by Gasteiger charge is 2.25. The standard InChI is InChI=1S/C13H18S/c1-7(2)12-8(3)6-11-9(4)10(5)14-13(11)12/h7H,6H2,1-5H3. The maximum atomic E-state index is 2.30. The molecule has 0 atom stereocenters. The quantitative estimate of drug-likeness (QED) is 0.641. The smallest absolute Gasteiger partial charge is 0.0345 e. The van der Waals surface area contributed by atoms with Crippen molar-refractivity contribution in [3.05, 3.63) is 26.5 Å². The minimum atomic E-state index is 0.675. The molecule has 0 N–H and O–H groups in total. The van der Waals surface area contributed by atoms with Crippen molar-refractivity contribution in [1.29, 1.82) is 0 Å². The summed E-state index contributed by atoms with van der Waals surface area (Å²) in [5, 5.41) is 0. The third-order valence-corrected chi connectivity index (χ3v) is 4.52. The van der Waals surface area contributed by atoms with Gasteiger partial charge in [-0.1, -0.05) is 19.4 Å². The van der Waals surface area contributed by atoms with Crippen LogP contribution in [0, 0.1) is 19.8 Å². The molecule has 1 heteroatoms. The Labute approximate surface area is 90.7 Å². The maximum Gasteiger partial charge on any atom is 0.0345 e. The molecule has 0 aromatic carbocycles. The highest BCUT2D eigenvalue weighted by Crippen LogP contribution is 2.44. The molecule has 0 saturated carbocycles. The third kappa shape index (κ3) is 1.26.